The number of carbonyl (C=O) groups excluding carboxylic acids is 1. The summed E-state index contributed by atoms with van der Waals surface area (Å²) in [7, 11) is 1.88. The molecule has 0 aliphatic carbocycles. The van der Waals surface area contributed by atoms with Gasteiger partial charge in [-0.15, -0.1) is 5.10 Å². The van der Waals surface area contributed by atoms with Gasteiger partial charge in [0.15, 0.2) is 5.82 Å². The summed E-state index contributed by atoms with van der Waals surface area (Å²) in [5.74, 6) is -0.812. The number of nitrogens with zero attached hydrogens (tertiary/aromatic N) is 5. The molecule has 0 aliphatic heterocycles. The Balaban J connectivity index is 1.45. The minimum atomic E-state index is -1.08. The highest BCUT2D eigenvalue weighted by Crippen LogP contribution is 2.14. The predicted molar refractivity (Wildman–Crippen MR) is 117 cm³/mol. The van der Waals surface area contributed by atoms with Gasteiger partial charge < -0.3 is 15.0 Å². The molecule has 32 heavy (non-hydrogen) atoms. The molecule has 9 nitrogen and oxygen atoms in total. The van der Waals surface area contributed by atoms with Crippen molar-refractivity contribution in [2.75, 3.05) is 0 Å². The molecule has 1 amide bonds. The van der Waals surface area contributed by atoms with Crippen molar-refractivity contribution in [2.24, 2.45) is 7.05 Å². The van der Waals surface area contributed by atoms with Gasteiger partial charge in [-0.2, -0.15) is 0 Å². The summed E-state index contributed by atoms with van der Waals surface area (Å²) in [6, 6.07) is 15.2. The van der Waals surface area contributed by atoms with E-state index in [0.29, 0.717) is 23.6 Å². The maximum Gasteiger partial charge on any atom is 0.326 e. The molecule has 162 valence electrons. The Kier molecular flexibility index (Phi) is 6.07. The standard InChI is InChI=1S/C23H22N6O3/c1-28-11-10-24-21(28)20-15-29(27-26-20)14-17-8-5-9-18(12-17)22(30)25-19(23(31)32)13-16-6-3-2-4-7-16/h2-12,15,19H,13-14H2,1H3,(H,25,30)(H,31,32)/t19-/m0/s1. The second-order valence-corrected chi connectivity index (χ2v) is 7.42. The summed E-state index contributed by atoms with van der Waals surface area (Å²) in [4.78, 5) is 28.7. The first-order chi connectivity index (χ1) is 15.5. The summed E-state index contributed by atoms with van der Waals surface area (Å²) in [5.41, 5.74) is 2.70. The minimum absolute atomic E-state index is 0.205. The number of benzene rings is 2. The number of carboxylic acid groups (broad SMARTS) is 1. The molecule has 2 aromatic carbocycles. The SMILES string of the molecule is Cn1ccnc1-c1cn(Cc2cccc(C(=O)N[C@@H](Cc3ccccc3)C(=O)O)c2)nn1. The van der Waals surface area contributed by atoms with Gasteiger partial charge >= 0.3 is 5.97 Å². The zero-order valence-electron chi connectivity index (χ0n) is 17.4. The van der Waals surface area contributed by atoms with Crippen LogP contribution in [-0.2, 0) is 24.8 Å². The molecule has 2 N–H and O–H groups in total. The maximum absolute atomic E-state index is 12.7. The third-order valence-electron chi connectivity index (χ3n) is 5.01. The van der Waals surface area contributed by atoms with E-state index in [1.807, 2.05) is 54.2 Å². The van der Waals surface area contributed by atoms with Gasteiger partial charge in [-0.25, -0.2) is 14.5 Å². The van der Waals surface area contributed by atoms with E-state index < -0.39 is 17.9 Å². The van der Waals surface area contributed by atoms with Crippen LogP contribution in [0.1, 0.15) is 21.5 Å². The molecule has 0 aliphatic rings. The Morgan fingerprint density at radius 2 is 1.88 bits per heavy atom. The van der Waals surface area contributed by atoms with Gasteiger partial charge in [0.1, 0.15) is 11.7 Å². The molecule has 0 radical (unpaired) electrons. The Morgan fingerprint density at radius 3 is 2.59 bits per heavy atom. The largest absolute Gasteiger partial charge is 0.480 e. The Morgan fingerprint density at radius 1 is 1.09 bits per heavy atom. The lowest BCUT2D eigenvalue weighted by atomic mass is 10.0. The fourth-order valence-electron chi connectivity index (χ4n) is 3.38. The lowest BCUT2D eigenvalue weighted by Crippen LogP contribution is -2.42. The van der Waals surface area contributed by atoms with Gasteiger partial charge in [-0.1, -0.05) is 47.7 Å². The van der Waals surface area contributed by atoms with E-state index in [9.17, 15) is 14.7 Å². The van der Waals surface area contributed by atoms with Crippen LogP contribution in [0.15, 0.2) is 73.2 Å². The van der Waals surface area contributed by atoms with Crippen LogP contribution in [0.25, 0.3) is 11.5 Å². The number of imidazole rings is 1. The lowest BCUT2D eigenvalue weighted by Gasteiger charge is -2.15. The average Bonchev–Trinajstić information content (AvgIpc) is 3.42. The molecule has 0 bridgehead atoms. The van der Waals surface area contributed by atoms with Crippen molar-refractivity contribution >= 4 is 11.9 Å². The van der Waals surface area contributed by atoms with E-state index >= 15 is 0 Å². The van der Waals surface area contributed by atoms with Gasteiger partial charge in [0.05, 0.1) is 12.7 Å². The molecular formula is C23H22N6O3. The number of amides is 1. The van der Waals surface area contributed by atoms with E-state index in [0.717, 1.165) is 11.1 Å². The van der Waals surface area contributed by atoms with E-state index in [1.54, 1.807) is 35.3 Å². The summed E-state index contributed by atoms with van der Waals surface area (Å²) in [5, 5.41) is 20.5. The molecule has 9 heteroatoms. The predicted octanol–water partition coefficient (Wildman–Crippen LogP) is 2.15. The number of nitrogens with one attached hydrogen (secondary N) is 1. The van der Waals surface area contributed by atoms with Crippen molar-refractivity contribution in [3.8, 4) is 11.5 Å². The monoisotopic (exact) mass is 430 g/mol. The topological polar surface area (TPSA) is 115 Å². The lowest BCUT2D eigenvalue weighted by molar-refractivity contribution is -0.139. The van der Waals surface area contributed by atoms with Crippen molar-refractivity contribution in [3.63, 3.8) is 0 Å². The van der Waals surface area contributed by atoms with Crippen LogP contribution in [0.4, 0.5) is 0 Å². The van der Waals surface area contributed by atoms with Crippen molar-refractivity contribution in [2.45, 2.75) is 19.0 Å². The fourth-order valence-corrected chi connectivity index (χ4v) is 3.38. The first kappa shape index (κ1) is 21.0. The fraction of sp³-hybridized carbons (Fsp3) is 0.174. The van der Waals surface area contributed by atoms with Crippen molar-refractivity contribution < 1.29 is 14.7 Å². The summed E-state index contributed by atoms with van der Waals surface area (Å²) in [6.45, 7) is 0.408. The summed E-state index contributed by atoms with van der Waals surface area (Å²) in [6.07, 6.45) is 5.52. The molecule has 1 atom stereocenters. The quantitative estimate of drug-likeness (QED) is 0.443. The van der Waals surface area contributed by atoms with Crippen LogP contribution in [0.5, 0.6) is 0 Å². The number of aliphatic carboxylic acids is 1. The third kappa shape index (κ3) is 4.89. The highest BCUT2D eigenvalue weighted by molar-refractivity contribution is 5.96. The Hall–Kier alpha value is -4.27. The first-order valence-corrected chi connectivity index (χ1v) is 10.0. The van der Waals surface area contributed by atoms with Gasteiger partial charge in [-0.3, -0.25) is 4.79 Å². The van der Waals surface area contributed by atoms with Crippen molar-refractivity contribution in [1.82, 2.24) is 29.9 Å². The summed E-state index contributed by atoms with van der Waals surface area (Å²) >= 11 is 0. The molecule has 0 saturated heterocycles. The van der Waals surface area contributed by atoms with Gasteiger partial charge in [-0.05, 0) is 23.3 Å². The number of rotatable bonds is 8. The number of hydrogen-bond donors (Lipinski definition) is 2. The number of aryl methyl sites for hydroxylation is 1. The molecule has 0 saturated carbocycles. The van der Waals surface area contributed by atoms with E-state index in [-0.39, 0.29) is 6.42 Å². The molecule has 0 spiro atoms. The van der Waals surface area contributed by atoms with Crippen LogP contribution < -0.4 is 5.32 Å². The number of aromatic nitrogens is 5. The Bertz CT molecular complexity index is 1230. The minimum Gasteiger partial charge on any atom is -0.480 e. The second-order valence-electron chi connectivity index (χ2n) is 7.42. The number of carbonyl (C=O) groups is 2. The molecular weight excluding hydrogens is 408 g/mol. The normalized spacial score (nSPS) is 11.8. The van der Waals surface area contributed by atoms with E-state index in [4.69, 9.17) is 0 Å². The van der Waals surface area contributed by atoms with E-state index in [1.165, 1.54) is 0 Å². The molecule has 0 fully saturated rings. The van der Waals surface area contributed by atoms with Crippen LogP contribution in [0.3, 0.4) is 0 Å². The molecule has 4 rings (SSSR count). The maximum atomic E-state index is 12.7. The van der Waals surface area contributed by atoms with E-state index in [2.05, 4.69) is 20.6 Å². The van der Waals surface area contributed by atoms with Gasteiger partial charge in [0, 0.05) is 31.4 Å². The van der Waals surface area contributed by atoms with Gasteiger partial charge in [0.25, 0.3) is 5.91 Å². The van der Waals surface area contributed by atoms with Crippen LogP contribution in [0, 0.1) is 0 Å². The molecule has 0 unspecified atom stereocenters. The highest BCUT2D eigenvalue weighted by Gasteiger charge is 2.21. The zero-order valence-corrected chi connectivity index (χ0v) is 17.4. The van der Waals surface area contributed by atoms with Crippen molar-refractivity contribution in [1.29, 1.82) is 0 Å². The van der Waals surface area contributed by atoms with Crippen molar-refractivity contribution in [3.05, 3.63) is 89.9 Å². The first-order valence-electron chi connectivity index (χ1n) is 10.0. The average molecular weight is 430 g/mol. The second kappa shape index (κ2) is 9.25. The Labute approximate surface area is 184 Å². The molecule has 2 aromatic heterocycles. The van der Waals surface area contributed by atoms with Crippen LogP contribution in [0.2, 0.25) is 0 Å². The zero-order chi connectivity index (χ0) is 22.5. The summed E-state index contributed by atoms with van der Waals surface area (Å²) < 4.78 is 3.52. The van der Waals surface area contributed by atoms with Gasteiger partial charge in [0.2, 0.25) is 0 Å². The third-order valence-corrected chi connectivity index (χ3v) is 5.01. The van der Waals surface area contributed by atoms with Crippen LogP contribution in [-0.4, -0.2) is 47.6 Å². The molecule has 4 aromatic rings. The molecule has 2 heterocycles. The smallest absolute Gasteiger partial charge is 0.326 e. The number of hydrogen-bond acceptors (Lipinski definition) is 5. The highest BCUT2D eigenvalue weighted by atomic mass is 16.4. The van der Waals surface area contributed by atoms with Crippen LogP contribution >= 0.6 is 0 Å². The number of carboxylic acids is 1.